The molecule has 4 nitrogen and oxygen atoms in total. The van der Waals surface area contributed by atoms with Crippen LogP contribution in [0.2, 0.25) is 0 Å². The molecule has 2 aliphatic rings. The topological polar surface area (TPSA) is 53.7 Å². The highest BCUT2D eigenvalue weighted by molar-refractivity contribution is 5.04. The zero-order valence-electron chi connectivity index (χ0n) is 10.0. The van der Waals surface area contributed by atoms with E-state index in [1.807, 2.05) is 13.8 Å². The molecule has 0 amide bonds. The summed E-state index contributed by atoms with van der Waals surface area (Å²) < 4.78 is 17.7. The van der Waals surface area contributed by atoms with Gasteiger partial charge in [0.1, 0.15) is 5.60 Å². The normalized spacial score (nSPS) is 42.6. The first-order valence-corrected chi connectivity index (χ1v) is 5.52. The van der Waals surface area contributed by atoms with Gasteiger partial charge in [0.2, 0.25) is 0 Å². The van der Waals surface area contributed by atoms with Gasteiger partial charge in [-0.3, -0.25) is 0 Å². The van der Waals surface area contributed by atoms with Gasteiger partial charge in [0, 0.05) is 13.0 Å². The molecule has 0 bridgehead atoms. The molecule has 0 radical (unpaired) electrons. The van der Waals surface area contributed by atoms with Crippen molar-refractivity contribution in [3.05, 3.63) is 0 Å². The number of nitrogens with two attached hydrogens (primary N) is 1. The van der Waals surface area contributed by atoms with E-state index in [1.54, 1.807) is 0 Å². The third-order valence-corrected chi connectivity index (χ3v) is 3.23. The van der Waals surface area contributed by atoms with Gasteiger partial charge in [-0.1, -0.05) is 0 Å². The van der Waals surface area contributed by atoms with Crippen LogP contribution >= 0.6 is 0 Å². The average Bonchev–Trinajstić information content (AvgIpc) is 2.53. The standard InChI is InChI=1S/C11H21NO3/c1-9(2)7-11(10(3,4)15-9)13-6-8(5-12)14-11/h8H,5-7,12H2,1-4H3. The Labute approximate surface area is 91.1 Å². The molecule has 1 spiro atoms. The lowest BCUT2D eigenvalue weighted by Crippen LogP contribution is -2.48. The van der Waals surface area contributed by atoms with Gasteiger partial charge in [0.05, 0.1) is 18.3 Å². The number of hydrogen-bond donors (Lipinski definition) is 1. The Morgan fingerprint density at radius 3 is 2.33 bits per heavy atom. The number of ether oxygens (including phenoxy) is 3. The van der Waals surface area contributed by atoms with E-state index in [4.69, 9.17) is 19.9 Å². The Bertz CT molecular complexity index is 265. The van der Waals surface area contributed by atoms with E-state index in [9.17, 15) is 0 Å². The predicted molar refractivity (Wildman–Crippen MR) is 56.5 cm³/mol. The predicted octanol–water partition coefficient (Wildman–Crippen LogP) is 1.03. The molecule has 2 fully saturated rings. The quantitative estimate of drug-likeness (QED) is 0.710. The minimum Gasteiger partial charge on any atom is -0.364 e. The van der Waals surface area contributed by atoms with Gasteiger partial charge in [-0.05, 0) is 27.7 Å². The van der Waals surface area contributed by atoms with Crippen LogP contribution in [-0.4, -0.2) is 36.2 Å². The first kappa shape index (κ1) is 11.3. The van der Waals surface area contributed by atoms with Crippen LogP contribution in [0, 0.1) is 0 Å². The van der Waals surface area contributed by atoms with Crippen molar-refractivity contribution in [1.82, 2.24) is 0 Å². The minimum atomic E-state index is -0.611. The van der Waals surface area contributed by atoms with E-state index in [2.05, 4.69) is 13.8 Å². The summed E-state index contributed by atoms with van der Waals surface area (Å²) in [7, 11) is 0. The molecular weight excluding hydrogens is 194 g/mol. The van der Waals surface area contributed by atoms with Crippen molar-refractivity contribution in [2.45, 2.75) is 57.2 Å². The number of hydrogen-bond acceptors (Lipinski definition) is 4. The van der Waals surface area contributed by atoms with E-state index in [1.165, 1.54) is 0 Å². The van der Waals surface area contributed by atoms with E-state index >= 15 is 0 Å². The second-order valence-electron chi connectivity index (χ2n) is 5.59. The fourth-order valence-electron chi connectivity index (χ4n) is 2.67. The van der Waals surface area contributed by atoms with Gasteiger partial charge in [-0.2, -0.15) is 0 Å². The van der Waals surface area contributed by atoms with E-state index < -0.39 is 11.4 Å². The molecule has 2 heterocycles. The first-order valence-electron chi connectivity index (χ1n) is 5.52. The average molecular weight is 215 g/mol. The summed E-state index contributed by atoms with van der Waals surface area (Å²) in [6.07, 6.45) is 0.755. The van der Waals surface area contributed by atoms with Crippen LogP contribution in [0.5, 0.6) is 0 Å². The van der Waals surface area contributed by atoms with Gasteiger partial charge in [0.25, 0.3) is 0 Å². The summed E-state index contributed by atoms with van der Waals surface area (Å²) in [5.74, 6) is -0.611. The molecule has 2 saturated heterocycles. The molecule has 2 atom stereocenters. The lowest BCUT2D eigenvalue weighted by molar-refractivity contribution is -0.235. The van der Waals surface area contributed by atoms with Crippen LogP contribution < -0.4 is 5.73 Å². The molecular formula is C11H21NO3. The highest BCUT2D eigenvalue weighted by atomic mass is 16.8. The maximum atomic E-state index is 5.98. The van der Waals surface area contributed by atoms with Gasteiger partial charge in [-0.15, -0.1) is 0 Å². The van der Waals surface area contributed by atoms with Crippen LogP contribution in [0.3, 0.4) is 0 Å². The van der Waals surface area contributed by atoms with Crippen LogP contribution in [0.25, 0.3) is 0 Å². The van der Waals surface area contributed by atoms with Crippen molar-refractivity contribution in [2.75, 3.05) is 13.2 Å². The van der Waals surface area contributed by atoms with E-state index in [0.717, 1.165) is 6.42 Å². The summed E-state index contributed by atoms with van der Waals surface area (Å²) >= 11 is 0. The van der Waals surface area contributed by atoms with Gasteiger partial charge in [0.15, 0.2) is 5.79 Å². The minimum absolute atomic E-state index is 0.00164. The molecule has 0 aliphatic carbocycles. The Kier molecular flexibility index (Phi) is 2.39. The molecule has 88 valence electrons. The van der Waals surface area contributed by atoms with Crippen LogP contribution in [-0.2, 0) is 14.2 Å². The molecule has 0 aromatic heterocycles. The maximum Gasteiger partial charge on any atom is 0.200 e. The number of rotatable bonds is 1. The van der Waals surface area contributed by atoms with Crippen LogP contribution in [0.1, 0.15) is 34.1 Å². The second-order valence-corrected chi connectivity index (χ2v) is 5.59. The van der Waals surface area contributed by atoms with Crippen molar-refractivity contribution < 1.29 is 14.2 Å². The Morgan fingerprint density at radius 1 is 1.27 bits per heavy atom. The van der Waals surface area contributed by atoms with Gasteiger partial charge < -0.3 is 19.9 Å². The smallest absolute Gasteiger partial charge is 0.200 e. The Hall–Kier alpha value is -0.160. The highest BCUT2D eigenvalue weighted by Gasteiger charge is 2.62. The van der Waals surface area contributed by atoms with Crippen LogP contribution in [0.15, 0.2) is 0 Å². The Morgan fingerprint density at radius 2 is 1.93 bits per heavy atom. The fourth-order valence-corrected chi connectivity index (χ4v) is 2.67. The second kappa shape index (κ2) is 3.17. The molecule has 0 aromatic carbocycles. The Balaban J connectivity index is 2.22. The van der Waals surface area contributed by atoms with Crippen molar-refractivity contribution in [3.8, 4) is 0 Å². The lowest BCUT2D eigenvalue weighted by atomic mass is 9.93. The lowest BCUT2D eigenvalue weighted by Gasteiger charge is -2.34. The van der Waals surface area contributed by atoms with E-state index in [0.29, 0.717) is 13.2 Å². The molecule has 2 N–H and O–H groups in total. The summed E-state index contributed by atoms with van der Waals surface area (Å²) in [6, 6.07) is 0. The molecule has 0 saturated carbocycles. The largest absolute Gasteiger partial charge is 0.364 e. The summed E-state index contributed by atoms with van der Waals surface area (Å²) in [4.78, 5) is 0. The third-order valence-electron chi connectivity index (χ3n) is 3.23. The molecule has 2 unspecified atom stereocenters. The monoisotopic (exact) mass is 215 g/mol. The van der Waals surface area contributed by atoms with Crippen molar-refractivity contribution in [3.63, 3.8) is 0 Å². The summed E-state index contributed by atoms with van der Waals surface area (Å²) in [6.45, 7) is 9.22. The van der Waals surface area contributed by atoms with Crippen molar-refractivity contribution in [1.29, 1.82) is 0 Å². The van der Waals surface area contributed by atoms with Crippen LogP contribution in [0.4, 0.5) is 0 Å². The molecule has 4 heteroatoms. The fraction of sp³-hybridized carbons (Fsp3) is 1.00. The zero-order valence-corrected chi connectivity index (χ0v) is 10.0. The molecule has 2 rings (SSSR count). The zero-order chi connectivity index (χ0) is 11.3. The molecule has 15 heavy (non-hydrogen) atoms. The maximum absolute atomic E-state index is 5.98. The summed E-state index contributed by atoms with van der Waals surface area (Å²) in [5, 5.41) is 0. The van der Waals surface area contributed by atoms with Gasteiger partial charge >= 0.3 is 0 Å². The first-order chi connectivity index (χ1) is 6.80. The SMILES string of the molecule is CC1(C)CC2(OCC(CN)O2)C(C)(C)O1. The summed E-state index contributed by atoms with van der Waals surface area (Å²) in [5.41, 5.74) is 4.98. The third kappa shape index (κ3) is 1.69. The molecule has 2 aliphatic heterocycles. The van der Waals surface area contributed by atoms with Crippen molar-refractivity contribution >= 4 is 0 Å². The highest BCUT2D eigenvalue weighted by Crippen LogP contribution is 2.50. The van der Waals surface area contributed by atoms with E-state index in [-0.39, 0.29) is 11.7 Å². The molecule has 0 aromatic rings. The van der Waals surface area contributed by atoms with Gasteiger partial charge in [-0.25, -0.2) is 0 Å². The van der Waals surface area contributed by atoms with Crippen molar-refractivity contribution in [2.24, 2.45) is 5.73 Å².